The topological polar surface area (TPSA) is 43.4 Å². The van der Waals surface area contributed by atoms with E-state index in [2.05, 4.69) is 10.3 Å². The maximum absolute atomic E-state index is 6.16. The van der Waals surface area contributed by atoms with Gasteiger partial charge < -0.3 is 14.8 Å². The van der Waals surface area contributed by atoms with Gasteiger partial charge in [-0.15, -0.1) is 0 Å². The van der Waals surface area contributed by atoms with Gasteiger partial charge in [-0.25, -0.2) is 4.98 Å². The first-order valence-corrected chi connectivity index (χ1v) is 8.34. The normalized spacial score (nSPS) is 17.7. The summed E-state index contributed by atoms with van der Waals surface area (Å²) in [5.41, 5.74) is 0.874. The van der Waals surface area contributed by atoms with Crippen LogP contribution in [0.2, 0.25) is 5.02 Å². The van der Waals surface area contributed by atoms with E-state index >= 15 is 0 Å². The summed E-state index contributed by atoms with van der Waals surface area (Å²) in [6.45, 7) is 4.69. The minimum Gasteiger partial charge on any atom is -0.488 e. The summed E-state index contributed by atoms with van der Waals surface area (Å²) >= 11 is 6.16. The number of hydrogen-bond donors (Lipinski definition) is 1. The van der Waals surface area contributed by atoms with E-state index < -0.39 is 0 Å². The Morgan fingerprint density at radius 3 is 2.87 bits per heavy atom. The second-order valence-corrected chi connectivity index (χ2v) is 6.22. The standard InChI is InChI=1S/C18H21ClN2O2/c1-13-8-9-17(22-12-14-5-4-10-20-11-14)18(21-13)23-16-7-3-2-6-15(16)19/h2-3,6-9,14,20H,4-5,10-12H2,1H3. The molecule has 0 aliphatic carbocycles. The quantitative estimate of drug-likeness (QED) is 0.890. The number of piperidine rings is 1. The van der Waals surface area contributed by atoms with Crippen molar-refractivity contribution in [2.75, 3.05) is 19.7 Å². The summed E-state index contributed by atoms with van der Waals surface area (Å²) in [7, 11) is 0. The van der Waals surface area contributed by atoms with Gasteiger partial charge in [0.2, 0.25) is 0 Å². The number of benzene rings is 1. The number of ether oxygens (including phenoxy) is 2. The highest BCUT2D eigenvalue weighted by Gasteiger charge is 2.16. The van der Waals surface area contributed by atoms with Crippen LogP contribution in [0.15, 0.2) is 36.4 Å². The number of hydrogen-bond acceptors (Lipinski definition) is 4. The molecule has 2 aromatic rings. The summed E-state index contributed by atoms with van der Waals surface area (Å²) < 4.78 is 11.9. The van der Waals surface area contributed by atoms with Gasteiger partial charge in [-0.05, 0) is 50.6 Å². The molecule has 5 heteroatoms. The van der Waals surface area contributed by atoms with Gasteiger partial charge in [0.05, 0.1) is 11.6 Å². The molecule has 1 aliphatic rings. The molecule has 2 heterocycles. The molecule has 1 fully saturated rings. The number of halogens is 1. The fraction of sp³-hybridized carbons (Fsp3) is 0.389. The average molecular weight is 333 g/mol. The molecule has 0 saturated carbocycles. The molecule has 0 amide bonds. The second-order valence-electron chi connectivity index (χ2n) is 5.81. The van der Waals surface area contributed by atoms with Crippen molar-refractivity contribution in [3.05, 3.63) is 47.1 Å². The molecule has 1 aliphatic heterocycles. The first kappa shape index (κ1) is 16.1. The first-order valence-electron chi connectivity index (χ1n) is 7.96. The molecule has 3 rings (SSSR count). The molecule has 0 spiro atoms. The molecule has 122 valence electrons. The Morgan fingerprint density at radius 2 is 2.09 bits per heavy atom. The molecular weight excluding hydrogens is 312 g/mol. The van der Waals surface area contributed by atoms with Crippen LogP contribution in [-0.2, 0) is 0 Å². The third-order valence-electron chi connectivity index (χ3n) is 3.88. The molecule has 0 radical (unpaired) electrons. The van der Waals surface area contributed by atoms with Crippen LogP contribution in [0.1, 0.15) is 18.5 Å². The Bertz CT molecular complexity index is 657. The highest BCUT2D eigenvalue weighted by Crippen LogP contribution is 2.33. The Kier molecular flexibility index (Phi) is 5.36. The van der Waals surface area contributed by atoms with E-state index in [9.17, 15) is 0 Å². The zero-order chi connectivity index (χ0) is 16.1. The number of nitrogens with one attached hydrogen (secondary N) is 1. The highest BCUT2D eigenvalue weighted by molar-refractivity contribution is 6.32. The summed E-state index contributed by atoms with van der Waals surface area (Å²) in [4.78, 5) is 4.45. The van der Waals surface area contributed by atoms with E-state index in [1.165, 1.54) is 12.8 Å². The fourth-order valence-corrected chi connectivity index (χ4v) is 2.78. The predicted molar refractivity (Wildman–Crippen MR) is 91.6 cm³/mol. The van der Waals surface area contributed by atoms with Gasteiger partial charge >= 0.3 is 0 Å². The maximum atomic E-state index is 6.16. The smallest absolute Gasteiger partial charge is 0.262 e. The Balaban J connectivity index is 1.73. The van der Waals surface area contributed by atoms with Gasteiger partial charge in [0.1, 0.15) is 5.75 Å². The van der Waals surface area contributed by atoms with Gasteiger partial charge in [-0.2, -0.15) is 0 Å². The summed E-state index contributed by atoms with van der Waals surface area (Å²) in [6, 6.07) is 11.2. The minimum absolute atomic E-state index is 0.460. The lowest BCUT2D eigenvalue weighted by Crippen LogP contribution is -2.33. The highest BCUT2D eigenvalue weighted by atomic mass is 35.5. The van der Waals surface area contributed by atoms with E-state index in [0.717, 1.165) is 18.8 Å². The molecular formula is C18H21ClN2O2. The van der Waals surface area contributed by atoms with E-state index in [1.807, 2.05) is 37.3 Å². The molecule has 4 nitrogen and oxygen atoms in total. The third-order valence-corrected chi connectivity index (χ3v) is 4.19. The monoisotopic (exact) mass is 332 g/mol. The summed E-state index contributed by atoms with van der Waals surface area (Å²) in [5, 5.41) is 3.95. The average Bonchev–Trinajstić information content (AvgIpc) is 2.57. The summed E-state index contributed by atoms with van der Waals surface area (Å²) in [6.07, 6.45) is 2.39. The second kappa shape index (κ2) is 7.66. The van der Waals surface area contributed by atoms with Crippen LogP contribution < -0.4 is 14.8 Å². The zero-order valence-corrected chi connectivity index (χ0v) is 14.0. The van der Waals surface area contributed by atoms with Crippen LogP contribution >= 0.6 is 11.6 Å². The van der Waals surface area contributed by atoms with Gasteiger partial charge in [0.15, 0.2) is 5.75 Å². The van der Waals surface area contributed by atoms with Crippen molar-refractivity contribution in [1.29, 1.82) is 0 Å². The van der Waals surface area contributed by atoms with Crippen molar-refractivity contribution in [3.63, 3.8) is 0 Å². The maximum Gasteiger partial charge on any atom is 0.262 e. The molecule has 1 aromatic heterocycles. The van der Waals surface area contributed by atoms with Crippen molar-refractivity contribution >= 4 is 11.6 Å². The number of aryl methyl sites for hydroxylation is 1. The number of aromatic nitrogens is 1. The molecule has 0 bridgehead atoms. The Hall–Kier alpha value is -1.78. The van der Waals surface area contributed by atoms with Gasteiger partial charge in [0.25, 0.3) is 5.88 Å². The third kappa shape index (κ3) is 4.36. The van der Waals surface area contributed by atoms with Gasteiger partial charge in [0, 0.05) is 18.2 Å². The van der Waals surface area contributed by atoms with E-state index in [4.69, 9.17) is 21.1 Å². The Morgan fingerprint density at radius 1 is 1.22 bits per heavy atom. The predicted octanol–water partition coefficient (Wildman–Crippen LogP) is 4.21. The molecule has 1 aromatic carbocycles. The van der Waals surface area contributed by atoms with Crippen LogP contribution in [0.4, 0.5) is 0 Å². The molecule has 23 heavy (non-hydrogen) atoms. The largest absolute Gasteiger partial charge is 0.488 e. The van der Waals surface area contributed by atoms with E-state index in [0.29, 0.717) is 34.9 Å². The number of rotatable bonds is 5. The summed E-state index contributed by atoms with van der Waals surface area (Å²) in [5.74, 6) is 2.22. The molecule has 1 N–H and O–H groups in total. The molecule has 1 unspecified atom stereocenters. The van der Waals surface area contributed by atoms with Gasteiger partial charge in [-0.1, -0.05) is 23.7 Å². The Labute approximate surface area is 141 Å². The number of pyridine rings is 1. The van der Waals surface area contributed by atoms with Crippen molar-refractivity contribution in [1.82, 2.24) is 10.3 Å². The fourth-order valence-electron chi connectivity index (χ4n) is 2.61. The zero-order valence-electron chi connectivity index (χ0n) is 13.2. The SMILES string of the molecule is Cc1ccc(OCC2CCCNC2)c(Oc2ccccc2Cl)n1. The van der Waals surface area contributed by atoms with Crippen LogP contribution in [0.3, 0.4) is 0 Å². The first-order chi connectivity index (χ1) is 11.2. The lowest BCUT2D eigenvalue weighted by atomic mass is 10.0. The minimum atomic E-state index is 0.460. The van der Waals surface area contributed by atoms with Crippen molar-refractivity contribution < 1.29 is 9.47 Å². The molecule has 1 atom stereocenters. The van der Waals surface area contributed by atoms with Crippen molar-refractivity contribution in [2.24, 2.45) is 5.92 Å². The van der Waals surface area contributed by atoms with Crippen molar-refractivity contribution in [3.8, 4) is 17.4 Å². The number of nitrogens with zero attached hydrogens (tertiary/aromatic N) is 1. The van der Waals surface area contributed by atoms with Crippen LogP contribution in [0.5, 0.6) is 17.4 Å². The lowest BCUT2D eigenvalue weighted by Gasteiger charge is -2.23. The van der Waals surface area contributed by atoms with Crippen LogP contribution in [0, 0.1) is 12.8 Å². The molecule has 1 saturated heterocycles. The van der Waals surface area contributed by atoms with Crippen LogP contribution in [0.25, 0.3) is 0 Å². The van der Waals surface area contributed by atoms with Gasteiger partial charge in [-0.3, -0.25) is 0 Å². The van der Waals surface area contributed by atoms with Crippen LogP contribution in [-0.4, -0.2) is 24.7 Å². The number of para-hydroxylation sites is 1. The lowest BCUT2D eigenvalue weighted by molar-refractivity contribution is 0.211. The van der Waals surface area contributed by atoms with E-state index in [1.54, 1.807) is 6.07 Å². The van der Waals surface area contributed by atoms with Crippen molar-refractivity contribution in [2.45, 2.75) is 19.8 Å². The van der Waals surface area contributed by atoms with E-state index in [-0.39, 0.29) is 0 Å².